The van der Waals surface area contributed by atoms with Crippen molar-refractivity contribution in [3.05, 3.63) is 36.5 Å². The fourth-order valence-corrected chi connectivity index (χ4v) is 7.05. The number of rotatable bonds is 37. The molecular formula is C46H85NO10. The molecule has 0 aliphatic carbocycles. The van der Waals surface area contributed by atoms with E-state index in [1.54, 1.807) is 0 Å². The molecule has 1 saturated heterocycles. The third-order valence-corrected chi connectivity index (χ3v) is 10.9. The first-order chi connectivity index (χ1) is 27.7. The number of unbranched alkanes of at least 4 members (excludes halogenated alkanes) is 19. The van der Waals surface area contributed by atoms with Crippen molar-refractivity contribution in [1.29, 1.82) is 0 Å². The third kappa shape index (κ3) is 26.2. The van der Waals surface area contributed by atoms with Crippen molar-refractivity contribution in [2.75, 3.05) is 13.2 Å². The molecule has 11 heteroatoms. The zero-order chi connectivity index (χ0) is 41.9. The summed E-state index contributed by atoms with van der Waals surface area (Å²) in [4.78, 5) is 13.0. The Morgan fingerprint density at radius 3 is 1.58 bits per heavy atom. The standard InChI is InChI=1S/C46H85NO10/c1-3-5-7-9-11-13-14-15-16-17-18-19-20-21-22-23-24-25-26-28-29-31-33-38(49)41(51)37(36-56-46-44(54)43(53)42(52)40(35-48)57-46)47-45(55)39(50)34-32-30-27-12-10-8-6-4-2/h22-23,26-28,30,37-44,46,48-54H,3-21,24-25,29,31-36H2,1-2H3,(H,47,55)/b23-22+,28-26+,30-27-. The second kappa shape index (κ2) is 36.2. The Balaban J connectivity index is 2.43. The number of hydrogen-bond donors (Lipinski definition) is 8. The molecule has 11 nitrogen and oxygen atoms in total. The fourth-order valence-electron chi connectivity index (χ4n) is 7.05. The number of aliphatic hydroxyl groups is 7. The molecule has 0 saturated carbocycles. The number of amides is 1. The first-order valence-corrected chi connectivity index (χ1v) is 22.9. The highest BCUT2D eigenvalue weighted by Crippen LogP contribution is 2.23. The summed E-state index contributed by atoms with van der Waals surface area (Å²) in [5.41, 5.74) is 0. The number of allylic oxidation sites excluding steroid dienone is 6. The minimum Gasteiger partial charge on any atom is -0.394 e. The van der Waals surface area contributed by atoms with E-state index in [2.05, 4.69) is 43.5 Å². The van der Waals surface area contributed by atoms with Gasteiger partial charge in [-0.1, -0.05) is 147 Å². The Kier molecular flexibility index (Phi) is 33.9. The van der Waals surface area contributed by atoms with Gasteiger partial charge in [-0.3, -0.25) is 4.79 Å². The first kappa shape index (κ1) is 53.3. The van der Waals surface area contributed by atoms with E-state index >= 15 is 0 Å². The van der Waals surface area contributed by atoms with Crippen LogP contribution in [0.25, 0.3) is 0 Å². The molecule has 1 heterocycles. The van der Waals surface area contributed by atoms with Gasteiger partial charge in [-0.05, 0) is 70.6 Å². The van der Waals surface area contributed by atoms with Crippen molar-refractivity contribution in [2.45, 2.75) is 236 Å². The van der Waals surface area contributed by atoms with E-state index in [-0.39, 0.29) is 12.8 Å². The molecule has 0 spiro atoms. The molecule has 1 aliphatic heterocycles. The van der Waals surface area contributed by atoms with Gasteiger partial charge in [0.25, 0.3) is 0 Å². The van der Waals surface area contributed by atoms with Crippen molar-refractivity contribution in [3.63, 3.8) is 0 Å². The highest BCUT2D eigenvalue weighted by molar-refractivity contribution is 5.80. The van der Waals surface area contributed by atoms with Gasteiger partial charge in [-0.2, -0.15) is 0 Å². The van der Waals surface area contributed by atoms with Crippen LogP contribution >= 0.6 is 0 Å². The maximum absolute atomic E-state index is 13.0. The number of ether oxygens (including phenoxy) is 2. The van der Waals surface area contributed by atoms with Crippen LogP contribution in [0.1, 0.15) is 181 Å². The van der Waals surface area contributed by atoms with Gasteiger partial charge in [0.2, 0.25) is 5.91 Å². The molecule has 9 atom stereocenters. The van der Waals surface area contributed by atoms with Crippen molar-refractivity contribution < 1.29 is 50.0 Å². The lowest BCUT2D eigenvalue weighted by Crippen LogP contribution is -2.60. The predicted octanol–water partition coefficient (Wildman–Crippen LogP) is 7.22. The molecule has 0 aromatic rings. The van der Waals surface area contributed by atoms with Gasteiger partial charge in [-0.15, -0.1) is 0 Å². The Labute approximate surface area is 346 Å². The van der Waals surface area contributed by atoms with Gasteiger partial charge in [0.1, 0.15) is 36.6 Å². The van der Waals surface area contributed by atoms with E-state index in [4.69, 9.17) is 9.47 Å². The van der Waals surface area contributed by atoms with Gasteiger partial charge < -0.3 is 50.5 Å². The number of carbonyl (C=O) groups is 1. The summed E-state index contributed by atoms with van der Waals surface area (Å²) >= 11 is 0. The predicted molar refractivity (Wildman–Crippen MR) is 228 cm³/mol. The highest BCUT2D eigenvalue weighted by Gasteiger charge is 2.44. The van der Waals surface area contributed by atoms with Crippen molar-refractivity contribution in [2.24, 2.45) is 0 Å². The quantitative estimate of drug-likeness (QED) is 0.0235. The smallest absolute Gasteiger partial charge is 0.249 e. The van der Waals surface area contributed by atoms with Gasteiger partial charge in [-0.25, -0.2) is 0 Å². The van der Waals surface area contributed by atoms with Crippen LogP contribution in [0.5, 0.6) is 0 Å². The van der Waals surface area contributed by atoms with Gasteiger partial charge >= 0.3 is 0 Å². The monoisotopic (exact) mass is 812 g/mol. The summed E-state index contributed by atoms with van der Waals surface area (Å²) < 4.78 is 11.0. The zero-order valence-electron chi connectivity index (χ0n) is 35.8. The lowest BCUT2D eigenvalue weighted by Gasteiger charge is -2.40. The van der Waals surface area contributed by atoms with Crippen LogP contribution in [-0.2, 0) is 14.3 Å². The lowest BCUT2D eigenvalue weighted by atomic mass is 9.99. The molecule has 1 rings (SSSR count). The van der Waals surface area contributed by atoms with E-state index in [0.29, 0.717) is 19.3 Å². The van der Waals surface area contributed by atoms with E-state index < -0.39 is 74.2 Å². The molecule has 1 fully saturated rings. The third-order valence-electron chi connectivity index (χ3n) is 10.9. The summed E-state index contributed by atoms with van der Waals surface area (Å²) in [5, 5.41) is 75.3. The zero-order valence-corrected chi connectivity index (χ0v) is 35.8. The molecule has 0 aromatic carbocycles. The van der Waals surface area contributed by atoms with Crippen LogP contribution in [0.15, 0.2) is 36.5 Å². The fraction of sp³-hybridized carbons (Fsp3) is 0.848. The summed E-state index contributed by atoms with van der Waals surface area (Å²) in [7, 11) is 0. The van der Waals surface area contributed by atoms with E-state index in [9.17, 15) is 40.5 Å². The average Bonchev–Trinajstić information content (AvgIpc) is 3.21. The van der Waals surface area contributed by atoms with Crippen molar-refractivity contribution in [3.8, 4) is 0 Å². The second-order valence-electron chi connectivity index (χ2n) is 16.1. The normalized spacial score (nSPS) is 22.4. The summed E-state index contributed by atoms with van der Waals surface area (Å²) in [6.45, 7) is 3.33. The van der Waals surface area contributed by atoms with Crippen molar-refractivity contribution in [1.82, 2.24) is 5.32 Å². The number of hydrogen-bond acceptors (Lipinski definition) is 10. The molecule has 8 N–H and O–H groups in total. The van der Waals surface area contributed by atoms with E-state index in [1.807, 2.05) is 12.2 Å². The van der Waals surface area contributed by atoms with Gasteiger partial charge in [0.05, 0.1) is 25.4 Å². The minimum absolute atomic E-state index is 0.165. The molecule has 9 unspecified atom stereocenters. The van der Waals surface area contributed by atoms with Crippen LogP contribution in [0.2, 0.25) is 0 Å². The summed E-state index contributed by atoms with van der Waals surface area (Å²) in [6.07, 6.45) is 29.6. The maximum atomic E-state index is 13.0. The first-order valence-electron chi connectivity index (χ1n) is 22.9. The molecule has 0 aromatic heterocycles. The Hall–Kier alpha value is -1.67. The number of aliphatic hydroxyl groups excluding tert-OH is 7. The van der Waals surface area contributed by atoms with Crippen LogP contribution < -0.4 is 5.32 Å². The molecule has 0 bridgehead atoms. The van der Waals surface area contributed by atoms with E-state index in [0.717, 1.165) is 32.1 Å². The number of nitrogens with one attached hydrogen (secondary N) is 1. The van der Waals surface area contributed by atoms with Crippen LogP contribution in [0.3, 0.4) is 0 Å². The topological polar surface area (TPSA) is 189 Å². The molecule has 1 amide bonds. The molecule has 334 valence electrons. The Morgan fingerprint density at radius 1 is 0.596 bits per heavy atom. The lowest BCUT2D eigenvalue weighted by molar-refractivity contribution is -0.303. The Bertz CT molecular complexity index is 1020. The molecular weight excluding hydrogens is 727 g/mol. The highest BCUT2D eigenvalue weighted by atomic mass is 16.7. The van der Waals surface area contributed by atoms with Crippen LogP contribution in [0.4, 0.5) is 0 Å². The van der Waals surface area contributed by atoms with Crippen molar-refractivity contribution >= 4 is 5.91 Å². The van der Waals surface area contributed by atoms with Gasteiger partial charge in [0.15, 0.2) is 6.29 Å². The Morgan fingerprint density at radius 2 is 1.05 bits per heavy atom. The minimum atomic E-state index is -1.67. The summed E-state index contributed by atoms with van der Waals surface area (Å²) in [5.74, 6) is -0.749. The van der Waals surface area contributed by atoms with Gasteiger partial charge in [0, 0.05) is 0 Å². The number of carbonyl (C=O) groups excluding carboxylic acids is 1. The SMILES string of the molecule is CCCCCC/C=C\CCC(O)C(=O)NC(COC1OC(CO)C(O)C(O)C1O)C(O)C(O)CCC/C=C/CC/C=C/CCCCCCCCCCCCCCC. The summed E-state index contributed by atoms with van der Waals surface area (Å²) in [6, 6.07) is -1.20. The van der Waals surface area contributed by atoms with E-state index in [1.165, 1.54) is 103 Å². The largest absolute Gasteiger partial charge is 0.394 e. The van der Waals surface area contributed by atoms with Crippen LogP contribution in [0, 0.1) is 0 Å². The average molecular weight is 812 g/mol. The molecule has 1 aliphatic rings. The second-order valence-corrected chi connectivity index (χ2v) is 16.1. The molecule has 0 radical (unpaired) electrons. The maximum Gasteiger partial charge on any atom is 0.249 e. The molecule has 57 heavy (non-hydrogen) atoms. The van der Waals surface area contributed by atoms with Crippen LogP contribution in [-0.4, -0.2) is 110 Å².